The Morgan fingerprint density at radius 1 is 1.00 bits per heavy atom. The van der Waals surface area contributed by atoms with Gasteiger partial charge in [0.05, 0.1) is 11.0 Å². The van der Waals surface area contributed by atoms with Crippen molar-refractivity contribution < 1.29 is 14.0 Å². The molecule has 3 fully saturated rings. The first-order valence-electron chi connectivity index (χ1n) is 14.5. The van der Waals surface area contributed by atoms with E-state index in [0.717, 1.165) is 56.4 Å². The minimum atomic E-state index is -0.473. The minimum Gasteiger partial charge on any atom is -0.425 e. The van der Waals surface area contributed by atoms with Crippen molar-refractivity contribution in [2.24, 2.45) is 45.3 Å². The molecule has 38 heavy (non-hydrogen) atoms. The molecule has 0 amide bonds. The molecule has 0 saturated heterocycles. The number of carbonyl (C=O) groups is 2. The van der Waals surface area contributed by atoms with Gasteiger partial charge in [-0.25, -0.2) is 0 Å². The normalized spacial score (nSPS) is 45.5. The van der Waals surface area contributed by atoms with Crippen LogP contribution in [0.1, 0.15) is 98.3 Å². The lowest BCUT2D eigenvalue weighted by atomic mass is 9.35. The van der Waals surface area contributed by atoms with Gasteiger partial charge in [0.2, 0.25) is 11.8 Å². The highest BCUT2D eigenvalue weighted by molar-refractivity contribution is 6.02. The van der Waals surface area contributed by atoms with E-state index in [1.54, 1.807) is 0 Å². The molecular weight excluding hydrogens is 474 g/mol. The van der Waals surface area contributed by atoms with E-state index in [-0.39, 0.29) is 62.5 Å². The molecular formula is C32H41N3O3. The molecule has 1 aromatic rings. The Hall–Kier alpha value is -2.55. The van der Waals surface area contributed by atoms with Gasteiger partial charge in [0.25, 0.3) is 0 Å². The summed E-state index contributed by atoms with van der Waals surface area (Å²) >= 11 is 0. The van der Waals surface area contributed by atoms with Gasteiger partial charge in [-0.3, -0.25) is 9.59 Å². The molecule has 0 bridgehead atoms. The first-order chi connectivity index (χ1) is 17.7. The summed E-state index contributed by atoms with van der Waals surface area (Å²) < 4.78 is 6.14. The highest BCUT2D eigenvalue weighted by Gasteiger charge is 2.70. The Labute approximate surface area is 226 Å². The number of hydrogen-bond donors (Lipinski definition) is 0. The zero-order valence-electron chi connectivity index (χ0n) is 24.0. The molecule has 1 aromatic heterocycles. The van der Waals surface area contributed by atoms with Crippen LogP contribution in [-0.4, -0.2) is 21.8 Å². The Bertz CT molecular complexity index is 1350. The molecule has 2 unspecified atom stereocenters. The van der Waals surface area contributed by atoms with Gasteiger partial charge in [-0.1, -0.05) is 53.2 Å². The minimum absolute atomic E-state index is 0.0489. The van der Waals surface area contributed by atoms with Gasteiger partial charge >= 0.3 is 0 Å². The van der Waals surface area contributed by atoms with Crippen LogP contribution in [0.4, 0.5) is 0 Å². The van der Waals surface area contributed by atoms with Crippen molar-refractivity contribution in [3.05, 3.63) is 35.1 Å². The molecule has 6 nitrogen and oxygen atoms in total. The van der Waals surface area contributed by atoms with Crippen molar-refractivity contribution in [1.82, 2.24) is 10.2 Å². The number of nitriles is 1. The molecule has 5 aliphatic carbocycles. The highest BCUT2D eigenvalue weighted by atomic mass is 16.4. The summed E-state index contributed by atoms with van der Waals surface area (Å²) in [4.78, 5) is 27.4. The standard InChI is InChI=1S/C32H41N3O3/c1-18-21-8-9-30(6)24(29(21,5)15-20(17-33)26(18)37)14-23(36)25-22-16-28(3,4)10-12-32(22,13-11-31(25,30)7)27-35-34-19(2)38-27/h14-15,18,21-22,25H,8-13,16H2,1-7H3/t18-,21-,22?,25?,29-,30+,31+,32-/m0/s1. The van der Waals surface area contributed by atoms with E-state index in [0.29, 0.717) is 5.89 Å². The molecule has 202 valence electrons. The first kappa shape index (κ1) is 25.7. The quantitative estimate of drug-likeness (QED) is 0.426. The van der Waals surface area contributed by atoms with Crippen LogP contribution < -0.4 is 0 Å². The molecule has 8 atom stereocenters. The van der Waals surface area contributed by atoms with E-state index in [9.17, 15) is 14.9 Å². The van der Waals surface area contributed by atoms with Gasteiger partial charge in [0, 0.05) is 24.2 Å². The largest absolute Gasteiger partial charge is 0.425 e. The first-order valence-corrected chi connectivity index (χ1v) is 14.5. The lowest BCUT2D eigenvalue weighted by Gasteiger charge is -2.68. The number of carbonyl (C=O) groups excluding carboxylic acids is 2. The Balaban J connectivity index is 1.53. The molecule has 6 rings (SSSR count). The van der Waals surface area contributed by atoms with Crippen LogP contribution in [0, 0.1) is 63.6 Å². The van der Waals surface area contributed by atoms with Gasteiger partial charge in [0.15, 0.2) is 11.6 Å². The smallest absolute Gasteiger partial charge is 0.222 e. The summed E-state index contributed by atoms with van der Waals surface area (Å²) in [6.45, 7) is 15.4. The Kier molecular flexibility index (Phi) is 5.26. The maximum atomic E-state index is 14.5. The van der Waals surface area contributed by atoms with Crippen LogP contribution in [0.2, 0.25) is 0 Å². The van der Waals surface area contributed by atoms with Gasteiger partial charge in [0.1, 0.15) is 6.07 Å². The summed E-state index contributed by atoms with van der Waals surface area (Å²) in [5.41, 5.74) is 0.368. The van der Waals surface area contributed by atoms with Crippen molar-refractivity contribution in [2.45, 2.75) is 98.8 Å². The third-order valence-corrected chi connectivity index (χ3v) is 12.5. The predicted octanol–water partition coefficient (Wildman–Crippen LogP) is 6.46. The molecule has 1 heterocycles. The summed E-state index contributed by atoms with van der Waals surface area (Å²) in [6.07, 6.45) is 10.6. The van der Waals surface area contributed by atoms with Gasteiger partial charge in [-0.2, -0.15) is 5.26 Å². The van der Waals surface area contributed by atoms with Crippen molar-refractivity contribution in [3.63, 3.8) is 0 Å². The molecule has 0 spiro atoms. The summed E-state index contributed by atoms with van der Waals surface area (Å²) in [7, 11) is 0. The number of aryl methyl sites for hydroxylation is 1. The van der Waals surface area contributed by atoms with Crippen molar-refractivity contribution in [3.8, 4) is 6.07 Å². The van der Waals surface area contributed by atoms with Crippen LogP contribution in [0.25, 0.3) is 0 Å². The molecule has 0 aromatic carbocycles. The fraction of sp³-hybridized carbons (Fsp3) is 0.719. The predicted molar refractivity (Wildman–Crippen MR) is 143 cm³/mol. The second-order valence-corrected chi connectivity index (χ2v) is 14.7. The number of nitrogens with zero attached hydrogens (tertiary/aromatic N) is 3. The maximum absolute atomic E-state index is 14.5. The van der Waals surface area contributed by atoms with E-state index >= 15 is 0 Å². The number of ketones is 2. The number of aromatic nitrogens is 2. The fourth-order valence-electron chi connectivity index (χ4n) is 10.1. The summed E-state index contributed by atoms with van der Waals surface area (Å²) in [5.74, 6) is 1.37. The number of allylic oxidation sites excluding steroid dienone is 4. The van der Waals surface area contributed by atoms with Crippen LogP contribution >= 0.6 is 0 Å². The number of rotatable bonds is 1. The van der Waals surface area contributed by atoms with Crippen molar-refractivity contribution >= 4 is 11.6 Å². The van der Waals surface area contributed by atoms with E-state index in [1.165, 1.54) is 0 Å². The topological polar surface area (TPSA) is 96.9 Å². The van der Waals surface area contributed by atoms with Crippen LogP contribution in [0.5, 0.6) is 0 Å². The second kappa shape index (κ2) is 7.77. The van der Waals surface area contributed by atoms with E-state index in [4.69, 9.17) is 4.42 Å². The fourth-order valence-corrected chi connectivity index (χ4v) is 10.1. The third-order valence-electron chi connectivity index (χ3n) is 12.5. The van der Waals surface area contributed by atoms with Gasteiger partial charge in [-0.15, -0.1) is 10.2 Å². The van der Waals surface area contributed by atoms with Crippen molar-refractivity contribution in [1.29, 1.82) is 5.26 Å². The van der Waals surface area contributed by atoms with Crippen LogP contribution in [0.3, 0.4) is 0 Å². The molecule has 5 aliphatic rings. The van der Waals surface area contributed by atoms with E-state index in [1.807, 2.05) is 26.0 Å². The SMILES string of the molecule is Cc1nnc([C@]23CCC(C)(C)CC2C2C(=O)C=C4[C@@]5(C)C=C(C#N)C(=O)[C@@H](C)[C@@H]5CC[C@@]4(C)[C@]2(C)CC3)o1. The highest BCUT2D eigenvalue weighted by Crippen LogP contribution is 2.73. The zero-order valence-corrected chi connectivity index (χ0v) is 24.0. The summed E-state index contributed by atoms with van der Waals surface area (Å²) in [5, 5.41) is 18.6. The van der Waals surface area contributed by atoms with Crippen molar-refractivity contribution in [2.75, 3.05) is 0 Å². The van der Waals surface area contributed by atoms with Gasteiger partial charge < -0.3 is 4.42 Å². The van der Waals surface area contributed by atoms with Gasteiger partial charge in [-0.05, 0) is 79.1 Å². The van der Waals surface area contributed by atoms with Crippen LogP contribution in [0.15, 0.2) is 27.7 Å². The zero-order chi connectivity index (χ0) is 27.5. The average Bonchev–Trinajstić information content (AvgIpc) is 3.29. The monoisotopic (exact) mass is 515 g/mol. The van der Waals surface area contributed by atoms with E-state index in [2.05, 4.69) is 50.9 Å². The third kappa shape index (κ3) is 3.05. The summed E-state index contributed by atoms with van der Waals surface area (Å²) in [6, 6.07) is 2.17. The maximum Gasteiger partial charge on any atom is 0.222 e. The second-order valence-electron chi connectivity index (χ2n) is 14.7. The average molecular weight is 516 g/mol. The van der Waals surface area contributed by atoms with Crippen LogP contribution in [-0.2, 0) is 15.0 Å². The van der Waals surface area contributed by atoms with E-state index < -0.39 is 5.41 Å². The lowest BCUT2D eigenvalue weighted by Crippen LogP contribution is -2.65. The Morgan fingerprint density at radius 3 is 2.37 bits per heavy atom. The Morgan fingerprint density at radius 2 is 1.71 bits per heavy atom. The number of fused-ring (bicyclic) bond motifs is 7. The lowest BCUT2D eigenvalue weighted by molar-refractivity contribution is -0.159. The molecule has 6 heteroatoms. The number of hydrogen-bond acceptors (Lipinski definition) is 6. The molecule has 0 N–H and O–H groups in total. The molecule has 3 saturated carbocycles. The number of Topliss-reactive ketones (excluding diaryl/α,β-unsaturated/α-hetero) is 1. The molecule has 0 aliphatic heterocycles. The molecule has 0 radical (unpaired) electrons.